The van der Waals surface area contributed by atoms with Crippen LogP contribution in [0.2, 0.25) is 0 Å². The molecule has 128 valence electrons. The first-order valence-corrected chi connectivity index (χ1v) is 8.81. The fourth-order valence-corrected chi connectivity index (χ4v) is 3.70. The summed E-state index contributed by atoms with van der Waals surface area (Å²) in [5, 5.41) is 12.0. The molecule has 1 aliphatic heterocycles. The van der Waals surface area contributed by atoms with Gasteiger partial charge in [-0.1, -0.05) is 0 Å². The van der Waals surface area contributed by atoms with Gasteiger partial charge in [-0.05, 0) is 32.6 Å². The van der Waals surface area contributed by atoms with Crippen molar-refractivity contribution in [1.29, 1.82) is 0 Å². The first-order chi connectivity index (χ1) is 11.6. The van der Waals surface area contributed by atoms with E-state index in [0.717, 1.165) is 55.8 Å². The molecule has 1 unspecified atom stereocenters. The molecule has 7 heteroatoms. The maximum atomic E-state index is 4.77. The zero-order valence-corrected chi connectivity index (χ0v) is 14.7. The molecule has 0 bridgehead atoms. The Hall–Kier alpha value is -2.18. The second-order valence-electron chi connectivity index (χ2n) is 7.12. The summed E-state index contributed by atoms with van der Waals surface area (Å²) in [4.78, 5) is 11.5. The van der Waals surface area contributed by atoms with Crippen molar-refractivity contribution in [2.45, 2.75) is 45.6 Å². The summed E-state index contributed by atoms with van der Waals surface area (Å²) in [6.45, 7) is 3.94. The van der Waals surface area contributed by atoms with Crippen molar-refractivity contribution in [3.05, 3.63) is 22.9 Å². The Bertz CT molecular complexity index is 750. The minimum atomic E-state index is 0.547. The van der Waals surface area contributed by atoms with Gasteiger partial charge >= 0.3 is 0 Å². The quantitative estimate of drug-likeness (QED) is 0.920. The SMILES string of the molecule is Cc1nnc2n1CC(CNc1nc(N(C)C)nc3c1CCCC3)C2. The predicted octanol–water partition coefficient (Wildman–Crippen LogP) is 1.61. The fourth-order valence-electron chi connectivity index (χ4n) is 3.70. The molecule has 4 rings (SSSR count). The van der Waals surface area contributed by atoms with Crippen LogP contribution in [0.25, 0.3) is 0 Å². The van der Waals surface area contributed by atoms with E-state index < -0.39 is 0 Å². The largest absolute Gasteiger partial charge is 0.369 e. The summed E-state index contributed by atoms with van der Waals surface area (Å²) in [7, 11) is 4.00. The number of nitrogens with zero attached hydrogens (tertiary/aromatic N) is 6. The molecule has 0 saturated heterocycles. The van der Waals surface area contributed by atoms with E-state index in [1.54, 1.807) is 0 Å². The van der Waals surface area contributed by atoms with Gasteiger partial charge in [0.15, 0.2) is 0 Å². The molecule has 2 aromatic heterocycles. The van der Waals surface area contributed by atoms with Crippen molar-refractivity contribution < 1.29 is 0 Å². The van der Waals surface area contributed by atoms with Gasteiger partial charge in [0, 0.05) is 45.1 Å². The molecule has 0 radical (unpaired) electrons. The fraction of sp³-hybridized carbons (Fsp3) is 0.647. The van der Waals surface area contributed by atoms with Crippen molar-refractivity contribution in [3.63, 3.8) is 0 Å². The van der Waals surface area contributed by atoms with Gasteiger partial charge < -0.3 is 14.8 Å². The van der Waals surface area contributed by atoms with Gasteiger partial charge in [0.05, 0.1) is 5.69 Å². The molecular formula is C17H25N7. The van der Waals surface area contributed by atoms with Crippen LogP contribution < -0.4 is 10.2 Å². The summed E-state index contributed by atoms with van der Waals surface area (Å²) in [6, 6.07) is 0. The van der Waals surface area contributed by atoms with E-state index in [0.29, 0.717) is 5.92 Å². The minimum Gasteiger partial charge on any atom is -0.369 e. The number of fused-ring (bicyclic) bond motifs is 2. The molecule has 1 N–H and O–H groups in total. The lowest BCUT2D eigenvalue weighted by Gasteiger charge is -2.22. The van der Waals surface area contributed by atoms with Crippen LogP contribution in [0.1, 0.15) is 35.7 Å². The summed E-state index contributed by atoms with van der Waals surface area (Å²) in [6.07, 6.45) is 5.60. The first kappa shape index (κ1) is 15.4. The normalized spacial score (nSPS) is 19.0. The monoisotopic (exact) mass is 327 g/mol. The summed E-state index contributed by atoms with van der Waals surface area (Å²) < 4.78 is 2.23. The Morgan fingerprint density at radius 1 is 1.17 bits per heavy atom. The molecule has 2 aromatic rings. The minimum absolute atomic E-state index is 0.547. The zero-order chi connectivity index (χ0) is 16.7. The number of aryl methyl sites for hydroxylation is 2. The Morgan fingerprint density at radius 2 is 2.00 bits per heavy atom. The Balaban J connectivity index is 1.51. The van der Waals surface area contributed by atoms with Gasteiger partial charge in [-0.15, -0.1) is 10.2 Å². The summed E-state index contributed by atoms with van der Waals surface area (Å²) in [5.41, 5.74) is 2.54. The van der Waals surface area contributed by atoms with Gasteiger partial charge in [0.1, 0.15) is 17.5 Å². The Labute approximate surface area is 142 Å². The average Bonchev–Trinajstić information content (AvgIpc) is 3.14. The molecule has 7 nitrogen and oxygen atoms in total. The molecule has 0 spiro atoms. The van der Waals surface area contributed by atoms with Crippen molar-refractivity contribution in [2.75, 3.05) is 30.9 Å². The highest BCUT2D eigenvalue weighted by molar-refractivity contribution is 5.52. The third-order valence-electron chi connectivity index (χ3n) is 5.05. The van der Waals surface area contributed by atoms with Gasteiger partial charge in [-0.25, -0.2) is 4.98 Å². The van der Waals surface area contributed by atoms with Crippen LogP contribution in [-0.4, -0.2) is 45.4 Å². The van der Waals surface area contributed by atoms with Crippen LogP contribution in [0.3, 0.4) is 0 Å². The molecular weight excluding hydrogens is 302 g/mol. The Kier molecular flexibility index (Phi) is 3.86. The van der Waals surface area contributed by atoms with Gasteiger partial charge in [-0.3, -0.25) is 0 Å². The second-order valence-corrected chi connectivity index (χ2v) is 7.12. The van der Waals surface area contributed by atoms with Crippen molar-refractivity contribution in [1.82, 2.24) is 24.7 Å². The van der Waals surface area contributed by atoms with Gasteiger partial charge in [-0.2, -0.15) is 4.98 Å². The lowest BCUT2D eigenvalue weighted by molar-refractivity contribution is 0.526. The van der Waals surface area contributed by atoms with Gasteiger partial charge in [0.2, 0.25) is 5.95 Å². The van der Waals surface area contributed by atoms with Gasteiger partial charge in [0.25, 0.3) is 0 Å². The van der Waals surface area contributed by atoms with Crippen LogP contribution >= 0.6 is 0 Å². The highest BCUT2D eigenvalue weighted by atomic mass is 15.3. The van der Waals surface area contributed by atoms with Crippen LogP contribution in [-0.2, 0) is 25.8 Å². The average molecular weight is 327 g/mol. The van der Waals surface area contributed by atoms with E-state index >= 15 is 0 Å². The van der Waals surface area contributed by atoms with Crippen molar-refractivity contribution in [3.8, 4) is 0 Å². The number of hydrogen-bond acceptors (Lipinski definition) is 6. The Morgan fingerprint density at radius 3 is 2.79 bits per heavy atom. The molecule has 0 fully saturated rings. The lowest BCUT2D eigenvalue weighted by atomic mass is 9.96. The number of rotatable bonds is 4. The highest BCUT2D eigenvalue weighted by Crippen LogP contribution is 2.28. The topological polar surface area (TPSA) is 71.8 Å². The van der Waals surface area contributed by atoms with E-state index in [1.165, 1.54) is 24.1 Å². The number of aromatic nitrogens is 5. The zero-order valence-electron chi connectivity index (χ0n) is 14.7. The van der Waals surface area contributed by atoms with Crippen molar-refractivity contribution >= 4 is 11.8 Å². The number of anilines is 2. The molecule has 0 aromatic carbocycles. The molecule has 3 heterocycles. The number of nitrogens with one attached hydrogen (secondary N) is 1. The smallest absolute Gasteiger partial charge is 0.227 e. The molecule has 0 saturated carbocycles. The first-order valence-electron chi connectivity index (χ1n) is 8.81. The predicted molar refractivity (Wildman–Crippen MR) is 93.4 cm³/mol. The van der Waals surface area contributed by atoms with E-state index in [1.807, 2.05) is 25.9 Å². The third kappa shape index (κ3) is 2.72. The summed E-state index contributed by atoms with van der Waals surface area (Å²) >= 11 is 0. The van der Waals surface area contributed by atoms with E-state index in [2.05, 4.69) is 20.1 Å². The maximum Gasteiger partial charge on any atom is 0.227 e. The second kappa shape index (κ2) is 6.03. The van der Waals surface area contributed by atoms with Crippen LogP contribution in [0.15, 0.2) is 0 Å². The van der Waals surface area contributed by atoms with Crippen LogP contribution in [0, 0.1) is 12.8 Å². The van der Waals surface area contributed by atoms with Crippen LogP contribution in [0.5, 0.6) is 0 Å². The van der Waals surface area contributed by atoms with E-state index in [4.69, 9.17) is 9.97 Å². The molecule has 2 aliphatic rings. The van der Waals surface area contributed by atoms with Crippen LogP contribution in [0.4, 0.5) is 11.8 Å². The van der Waals surface area contributed by atoms with E-state index in [9.17, 15) is 0 Å². The highest BCUT2D eigenvalue weighted by Gasteiger charge is 2.25. The molecule has 24 heavy (non-hydrogen) atoms. The molecule has 0 amide bonds. The third-order valence-corrected chi connectivity index (χ3v) is 5.05. The van der Waals surface area contributed by atoms with Crippen molar-refractivity contribution in [2.24, 2.45) is 5.92 Å². The number of hydrogen-bond donors (Lipinski definition) is 1. The standard InChI is InChI=1S/C17H25N7/c1-11-21-22-15-8-12(10-24(11)15)9-18-16-13-6-4-5-7-14(13)19-17(20-16)23(2)3/h12H,4-10H2,1-3H3,(H,18,19,20). The lowest BCUT2D eigenvalue weighted by Crippen LogP contribution is -2.22. The maximum absolute atomic E-state index is 4.77. The molecule has 1 atom stereocenters. The van der Waals surface area contributed by atoms with E-state index in [-0.39, 0.29) is 0 Å². The summed E-state index contributed by atoms with van der Waals surface area (Å²) in [5.74, 6) is 4.51. The molecule has 1 aliphatic carbocycles.